The van der Waals surface area contributed by atoms with Crippen LogP contribution in [0.25, 0.3) is 10.4 Å². The Morgan fingerprint density at radius 3 is 2.09 bits per heavy atom. The summed E-state index contributed by atoms with van der Waals surface area (Å²) in [6.45, 7) is 2.07. The van der Waals surface area contributed by atoms with Crippen LogP contribution >= 0.6 is 0 Å². The standard InChI is InChI=1S/C13H23N3O6/c1-9-5-10(15-16-14)12(21-7-18-3)13(22-8-19-4)11(9)20-6-17-2/h5,10-13H,6-8H2,1-4H3/t10-,11+,12+,13+/m0/s1. The second kappa shape index (κ2) is 10.5. The Hall–Kier alpha value is -1.19. The molecule has 1 aliphatic carbocycles. The molecule has 0 radical (unpaired) electrons. The average Bonchev–Trinajstić information content (AvgIpc) is 2.51. The first-order valence-electron chi connectivity index (χ1n) is 6.73. The molecule has 0 fully saturated rings. The van der Waals surface area contributed by atoms with Gasteiger partial charge in [0.15, 0.2) is 0 Å². The maximum Gasteiger partial charge on any atom is 0.147 e. The van der Waals surface area contributed by atoms with Crippen molar-refractivity contribution in [2.75, 3.05) is 41.7 Å². The van der Waals surface area contributed by atoms with Crippen molar-refractivity contribution in [2.45, 2.75) is 31.3 Å². The second-order valence-corrected chi connectivity index (χ2v) is 4.68. The van der Waals surface area contributed by atoms with Gasteiger partial charge in [-0.05, 0) is 18.0 Å². The van der Waals surface area contributed by atoms with Crippen molar-refractivity contribution in [3.63, 3.8) is 0 Å². The maximum atomic E-state index is 8.74. The lowest BCUT2D eigenvalue weighted by atomic mass is 9.88. The van der Waals surface area contributed by atoms with Crippen molar-refractivity contribution in [1.29, 1.82) is 0 Å². The van der Waals surface area contributed by atoms with Gasteiger partial charge in [-0.2, -0.15) is 0 Å². The Balaban J connectivity index is 3.02. The minimum Gasteiger partial charge on any atom is -0.359 e. The van der Waals surface area contributed by atoms with Crippen molar-refractivity contribution in [1.82, 2.24) is 0 Å². The summed E-state index contributed by atoms with van der Waals surface area (Å²) < 4.78 is 31.8. The zero-order valence-corrected chi connectivity index (χ0v) is 13.3. The molecule has 0 spiro atoms. The zero-order chi connectivity index (χ0) is 16.4. The Morgan fingerprint density at radius 1 is 1.00 bits per heavy atom. The highest BCUT2D eigenvalue weighted by molar-refractivity contribution is 5.20. The van der Waals surface area contributed by atoms with Crippen molar-refractivity contribution < 1.29 is 28.4 Å². The molecule has 0 N–H and O–H groups in total. The molecule has 0 saturated carbocycles. The molecule has 1 aliphatic rings. The van der Waals surface area contributed by atoms with Gasteiger partial charge in [-0.15, -0.1) is 0 Å². The second-order valence-electron chi connectivity index (χ2n) is 4.68. The van der Waals surface area contributed by atoms with Crippen LogP contribution in [0.4, 0.5) is 0 Å². The highest BCUT2D eigenvalue weighted by atomic mass is 16.7. The third kappa shape index (κ3) is 5.22. The Morgan fingerprint density at radius 2 is 1.55 bits per heavy atom. The lowest BCUT2D eigenvalue weighted by Crippen LogP contribution is -2.52. The molecule has 0 bridgehead atoms. The van der Waals surface area contributed by atoms with Gasteiger partial charge < -0.3 is 28.4 Å². The van der Waals surface area contributed by atoms with Crippen molar-refractivity contribution >= 4 is 0 Å². The fraction of sp³-hybridized carbons (Fsp3) is 0.846. The molecule has 4 atom stereocenters. The van der Waals surface area contributed by atoms with E-state index in [-0.39, 0.29) is 20.4 Å². The largest absolute Gasteiger partial charge is 0.359 e. The molecule has 9 nitrogen and oxygen atoms in total. The van der Waals surface area contributed by atoms with Crippen LogP contribution < -0.4 is 0 Å². The summed E-state index contributed by atoms with van der Waals surface area (Å²) in [6, 6.07) is -0.524. The molecule has 0 aromatic carbocycles. The first-order chi connectivity index (χ1) is 10.7. The predicted octanol–water partition coefficient (Wildman–Crippen LogP) is 1.59. The van der Waals surface area contributed by atoms with Crippen LogP contribution in [0.2, 0.25) is 0 Å². The van der Waals surface area contributed by atoms with Gasteiger partial charge in [0.2, 0.25) is 0 Å². The monoisotopic (exact) mass is 317 g/mol. The fourth-order valence-corrected chi connectivity index (χ4v) is 2.28. The normalized spacial score (nSPS) is 28.1. The number of azide groups is 1. The van der Waals surface area contributed by atoms with Gasteiger partial charge in [0.1, 0.15) is 38.7 Å². The molecule has 0 amide bonds. The van der Waals surface area contributed by atoms with E-state index in [4.69, 9.17) is 34.0 Å². The first kappa shape index (κ1) is 18.9. The molecule has 0 aromatic heterocycles. The predicted molar refractivity (Wildman–Crippen MR) is 76.9 cm³/mol. The Kier molecular flexibility index (Phi) is 9.02. The van der Waals surface area contributed by atoms with Gasteiger partial charge in [-0.1, -0.05) is 11.2 Å². The van der Waals surface area contributed by atoms with E-state index in [9.17, 15) is 0 Å². The summed E-state index contributed by atoms with van der Waals surface area (Å²) in [5, 5.41) is 3.76. The van der Waals surface area contributed by atoms with Gasteiger partial charge in [-0.3, -0.25) is 0 Å². The topological polar surface area (TPSA) is 104 Å². The molecule has 0 aliphatic heterocycles. The van der Waals surface area contributed by atoms with E-state index in [0.29, 0.717) is 0 Å². The third-order valence-electron chi connectivity index (χ3n) is 3.15. The Bertz CT molecular complexity index is 399. The summed E-state index contributed by atoms with van der Waals surface area (Å²) >= 11 is 0. The van der Waals surface area contributed by atoms with Gasteiger partial charge in [-0.25, -0.2) is 0 Å². The minimum absolute atomic E-state index is 0.0405. The molecule has 0 aromatic rings. The van der Waals surface area contributed by atoms with Crippen LogP contribution in [-0.2, 0) is 28.4 Å². The zero-order valence-electron chi connectivity index (χ0n) is 13.3. The van der Waals surface area contributed by atoms with Crippen molar-refractivity contribution in [3.05, 3.63) is 22.1 Å². The summed E-state index contributed by atoms with van der Waals surface area (Å²) in [5.74, 6) is 0. The summed E-state index contributed by atoms with van der Waals surface area (Å²) in [5.41, 5.74) is 9.61. The maximum absolute atomic E-state index is 8.74. The lowest BCUT2D eigenvalue weighted by Gasteiger charge is -2.39. The first-order valence-corrected chi connectivity index (χ1v) is 6.73. The quantitative estimate of drug-likeness (QED) is 0.199. The summed E-state index contributed by atoms with van der Waals surface area (Å²) in [7, 11) is 4.57. The van der Waals surface area contributed by atoms with Gasteiger partial charge >= 0.3 is 0 Å². The van der Waals surface area contributed by atoms with Crippen LogP contribution in [0.15, 0.2) is 16.8 Å². The molecule has 22 heavy (non-hydrogen) atoms. The number of hydrogen-bond donors (Lipinski definition) is 0. The summed E-state index contributed by atoms with van der Waals surface area (Å²) in [4.78, 5) is 2.86. The van der Waals surface area contributed by atoms with E-state index in [1.54, 1.807) is 6.08 Å². The van der Waals surface area contributed by atoms with E-state index < -0.39 is 24.4 Å². The van der Waals surface area contributed by atoms with E-state index >= 15 is 0 Å². The van der Waals surface area contributed by atoms with E-state index in [2.05, 4.69) is 10.0 Å². The number of ether oxygens (including phenoxy) is 6. The number of rotatable bonds is 10. The van der Waals surface area contributed by atoms with Crippen LogP contribution in [-0.4, -0.2) is 66.1 Å². The smallest absolute Gasteiger partial charge is 0.147 e. The molecule has 9 heteroatoms. The lowest BCUT2D eigenvalue weighted by molar-refractivity contribution is -0.205. The molecular formula is C13H23N3O6. The van der Waals surface area contributed by atoms with Crippen LogP contribution in [0.1, 0.15) is 6.92 Å². The molecule has 0 heterocycles. The highest BCUT2D eigenvalue weighted by Gasteiger charge is 2.41. The summed E-state index contributed by atoms with van der Waals surface area (Å²) in [6.07, 6.45) is 0.317. The van der Waals surface area contributed by atoms with Gasteiger partial charge in [0, 0.05) is 26.2 Å². The minimum atomic E-state index is -0.559. The third-order valence-corrected chi connectivity index (χ3v) is 3.15. The SMILES string of the molecule is COCO[C@H]1[C@H](OCOC)[C@H](OCOC)C(C)=C[C@@H]1N=[N+]=[N-]. The van der Waals surface area contributed by atoms with Crippen LogP contribution in [0, 0.1) is 0 Å². The highest BCUT2D eigenvalue weighted by Crippen LogP contribution is 2.29. The average molecular weight is 317 g/mol. The number of hydrogen-bond acceptors (Lipinski definition) is 7. The fourth-order valence-electron chi connectivity index (χ4n) is 2.28. The van der Waals surface area contributed by atoms with Crippen LogP contribution in [0.5, 0.6) is 0 Å². The molecule has 0 saturated heterocycles. The number of nitrogens with zero attached hydrogens (tertiary/aromatic N) is 3. The molecular weight excluding hydrogens is 294 g/mol. The van der Waals surface area contributed by atoms with Crippen molar-refractivity contribution in [2.24, 2.45) is 5.11 Å². The van der Waals surface area contributed by atoms with Crippen LogP contribution in [0.3, 0.4) is 0 Å². The van der Waals surface area contributed by atoms with E-state index in [0.717, 1.165) is 5.57 Å². The van der Waals surface area contributed by atoms with Crippen molar-refractivity contribution in [3.8, 4) is 0 Å². The molecule has 126 valence electrons. The van der Waals surface area contributed by atoms with Gasteiger partial charge in [0.05, 0.1) is 6.04 Å². The molecule has 1 rings (SSSR count). The van der Waals surface area contributed by atoms with Gasteiger partial charge in [0.25, 0.3) is 0 Å². The Labute approximate surface area is 129 Å². The van der Waals surface area contributed by atoms with E-state index in [1.807, 2.05) is 6.92 Å². The van der Waals surface area contributed by atoms with E-state index in [1.165, 1.54) is 21.3 Å². The number of methoxy groups -OCH3 is 3. The molecule has 0 unspecified atom stereocenters.